The first-order valence-corrected chi connectivity index (χ1v) is 7.09. The Kier molecular flexibility index (Phi) is 3.85. The number of nitrogens with zero attached hydrogens (tertiary/aromatic N) is 1. The zero-order valence-corrected chi connectivity index (χ0v) is 11.0. The van der Waals surface area contributed by atoms with E-state index < -0.39 is 10.2 Å². The summed E-state index contributed by atoms with van der Waals surface area (Å²) in [7, 11) is -4.69. The molecule has 0 aliphatic carbocycles. The van der Waals surface area contributed by atoms with E-state index in [9.17, 15) is 0 Å². The Morgan fingerprint density at radius 1 is 1.11 bits per heavy atom. The van der Waals surface area contributed by atoms with Gasteiger partial charge in [-0.3, -0.25) is 0 Å². The molecule has 3 aromatic rings. The first-order valence-electron chi connectivity index (χ1n) is 5.01. The van der Waals surface area contributed by atoms with Gasteiger partial charge in [0.2, 0.25) is 0 Å². The zero-order chi connectivity index (χ0) is 14.0. The number of benzene rings is 2. The average Bonchev–Trinajstić information content (AvgIpc) is 2.67. The van der Waals surface area contributed by atoms with Crippen LogP contribution < -0.4 is 19.7 Å². The molecule has 1 aromatic heterocycles. The molecule has 0 fully saturated rings. The maximum absolute atomic E-state index is 8.60. The highest BCUT2D eigenvalue weighted by Gasteiger charge is 2.04. The standard InChI is InChI=1S/C11H8N2S.ClHO4/c12-11-13-9-6-5-7-3-1-2-4-8(7)10(9)14-11;2-1(3,4)5/h1-6H,(H2,12,13);(H,2,3,4,5). The number of hydrogen-bond acceptors (Lipinski definition) is 7. The molecule has 19 heavy (non-hydrogen) atoms. The Balaban J connectivity index is 0.000000232. The lowest BCUT2D eigenvalue weighted by Gasteiger charge is -2.03. The second-order valence-electron chi connectivity index (χ2n) is 3.58. The maximum atomic E-state index is 8.60. The Hall–Kier alpha value is -1.48. The van der Waals surface area contributed by atoms with Crippen LogP contribution in [-0.2, 0) is 0 Å². The summed E-state index contributed by atoms with van der Waals surface area (Å²) >= 11 is 1.55. The minimum Gasteiger partial charge on any atom is -0.375 e. The van der Waals surface area contributed by atoms with Gasteiger partial charge in [0.05, 0.1) is 25.1 Å². The lowest BCUT2D eigenvalue weighted by Crippen LogP contribution is -2.58. The number of nitrogen functional groups attached to an aromatic ring is 1. The average molecular weight is 301 g/mol. The molecule has 0 amide bonds. The van der Waals surface area contributed by atoms with Crippen LogP contribution in [0.3, 0.4) is 0 Å². The van der Waals surface area contributed by atoms with Gasteiger partial charge in [-0.05, 0) is 11.5 Å². The highest BCUT2D eigenvalue weighted by atomic mass is 35.7. The van der Waals surface area contributed by atoms with Gasteiger partial charge < -0.3 is 5.73 Å². The fraction of sp³-hybridized carbons (Fsp3) is 0. The molecule has 0 bridgehead atoms. The molecule has 0 aliphatic rings. The molecule has 8 heteroatoms. The summed E-state index contributed by atoms with van der Waals surface area (Å²) in [5.41, 5.74) is 6.68. The van der Waals surface area contributed by atoms with E-state index in [2.05, 4.69) is 23.2 Å². The normalized spacial score (nSPS) is 11.4. The summed E-state index contributed by atoms with van der Waals surface area (Å²) in [6, 6.07) is 12.4. The van der Waals surface area contributed by atoms with E-state index in [0.717, 1.165) is 5.52 Å². The van der Waals surface area contributed by atoms with E-state index in [0.29, 0.717) is 5.13 Å². The predicted molar refractivity (Wildman–Crippen MR) is 63.8 cm³/mol. The molecule has 3 N–H and O–H groups in total. The first kappa shape index (κ1) is 13.9. The van der Waals surface area contributed by atoms with Crippen LogP contribution in [0.5, 0.6) is 0 Å². The van der Waals surface area contributed by atoms with Crippen molar-refractivity contribution in [1.29, 1.82) is 0 Å². The van der Waals surface area contributed by atoms with E-state index in [4.69, 9.17) is 24.4 Å². The van der Waals surface area contributed by atoms with Crippen molar-refractivity contribution >= 4 is 37.5 Å². The largest absolute Gasteiger partial charge is 0.375 e. The fourth-order valence-corrected chi connectivity index (χ4v) is 2.54. The molecule has 100 valence electrons. The second kappa shape index (κ2) is 5.25. The number of thiazole rings is 1. The topological polar surface area (TPSA) is 128 Å². The summed E-state index contributed by atoms with van der Waals surface area (Å²) < 4.78 is 33.9. The fourth-order valence-electron chi connectivity index (χ4n) is 1.67. The molecular weight excluding hydrogens is 292 g/mol. The Morgan fingerprint density at radius 3 is 2.42 bits per heavy atom. The molecule has 0 radical (unpaired) electrons. The van der Waals surface area contributed by atoms with Crippen molar-refractivity contribution in [3.05, 3.63) is 36.4 Å². The zero-order valence-electron chi connectivity index (χ0n) is 9.45. The van der Waals surface area contributed by atoms with E-state index in [1.165, 1.54) is 15.5 Å². The predicted octanol–water partition coefficient (Wildman–Crippen LogP) is -1.09. The number of rotatable bonds is 0. The molecular formula is C11H9ClN2O4S. The van der Waals surface area contributed by atoms with Crippen molar-refractivity contribution in [1.82, 2.24) is 4.98 Å². The van der Waals surface area contributed by atoms with Crippen molar-refractivity contribution in [2.24, 2.45) is 0 Å². The van der Waals surface area contributed by atoms with Crippen molar-refractivity contribution in [2.45, 2.75) is 0 Å². The molecule has 6 nitrogen and oxygen atoms in total. The third kappa shape index (κ3) is 3.74. The van der Waals surface area contributed by atoms with Crippen LogP contribution in [0.1, 0.15) is 0 Å². The van der Waals surface area contributed by atoms with Gasteiger partial charge >= 0.3 is 0 Å². The summed E-state index contributed by atoms with van der Waals surface area (Å²) in [6.07, 6.45) is 0. The van der Waals surface area contributed by atoms with Crippen LogP contribution in [-0.4, -0.2) is 9.64 Å². The number of nitrogens with two attached hydrogens (primary N) is 1. The Bertz CT molecular complexity index is 705. The van der Waals surface area contributed by atoms with Gasteiger partial charge in [-0.2, -0.15) is 14.0 Å². The van der Waals surface area contributed by atoms with Crippen LogP contribution in [0.25, 0.3) is 21.0 Å². The number of halogens is 1. The lowest BCUT2D eigenvalue weighted by atomic mass is 10.1. The molecule has 0 saturated heterocycles. The van der Waals surface area contributed by atoms with E-state index in [-0.39, 0.29) is 0 Å². The minimum atomic E-state index is -4.69. The van der Waals surface area contributed by atoms with Crippen molar-refractivity contribution in [3.8, 4) is 0 Å². The van der Waals surface area contributed by atoms with Crippen LogP contribution >= 0.6 is 11.3 Å². The molecule has 2 aromatic carbocycles. The van der Waals surface area contributed by atoms with Crippen LogP contribution in [0.4, 0.5) is 5.13 Å². The summed E-state index contributed by atoms with van der Waals surface area (Å²) in [4.78, 5) is 4.26. The van der Waals surface area contributed by atoms with E-state index in [1.54, 1.807) is 11.3 Å². The van der Waals surface area contributed by atoms with Gasteiger partial charge in [0, 0.05) is 5.39 Å². The molecule has 0 aliphatic heterocycles. The van der Waals surface area contributed by atoms with Crippen LogP contribution in [0, 0.1) is 10.2 Å². The van der Waals surface area contributed by atoms with Gasteiger partial charge in [-0.25, -0.2) is 4.98 Å². The van der Waals surface area contributed by atoms with E-state index in [1.807, 2.05) is 18.2 Å². The van der Waals surface area contributed by atoms with Crippen molar-refractivity contribution in [3.63, 3.8) is 0 Å². The number of hydrogen-bond donors (Lipinski definition) is 2. The Morgan fingerprint density at radius 2 is 1.74 bits per heavy atom. The van der Waals surface area contributed by atoms with Crippen molar-refractivity contribution in [2.75, 3.05) is 5.73 Å². The SMILES string of the molecule is Nc1nc2ccc3ccccc3c2s1.[O-][Cl+3]([O-])([O-])O. The first-order chi connectivity index (χ1) is 8.84. The van der Waals surface area contributed by atoms with Crippen LogP contribution in [0.15, 0.2) is 36.4 Å². The summed E-state index contributed by atoms with van der Waals surface area (Å²) in [5.74, 6) is 0. The molecule has 0 unspecified atom stereocenters. The van der Waals surface area contributed by atoms with Gasteiger partial charge in [-0.15, -0.1) is 0 Å². The highest BCUT2D eigenvalue weighted by molar-refractivity contribution is 7.23. The molecule has 0 spiro atoms. The van der Waals surface area contributed by atoms with Gasteiger partial charge in [0.15, 0.2) is 5.13 Å². The highest BCUT2D eigenvalue weighted by Crippen LogP contribution is 2.30. The quantitative estimate of drug-likeness (QED) is 0.543. The second-order valence-corrected chi connectivity index (χ2v) is 5.41. The molecule has 0 atom stereocenters. The van der Waals surface area contributed by atoms with Crippen LogP contribution in [0.2, 0.25) is 0 Å². The summed E-state index contributed by atoms with van der Waals surface area (Å²) in [6.45, 7) is 0. The number of anilines is 1. The third-order valence-electron chi connectivity index (χ3n) is 2.30. The molecule has 3 rings (SSSR count). The van der Waals surface area contributed by atoms with Gasteiger partial charge in [0.1, 0.15) is 0 Å². The van der Waals surface area contributed by atoms with Gasteiger partial charge in [0.25, 0.3) is 0 Å². The lowest BCUT2D eigenvalue weighted by molar-refractivity contribution is -1.92. The summed E-state index contributed by atoms with van der Waals surface area (Å²) in [5, 5.41) is 3.11. The monoisotopic (exact) mass is 300 g/mol. The van der Waals surface area contributed by atoms with Gasteiger partial charge in [-0.1, -0.05) is 41.7 Å². The smallest absolute Gasteiger partial charge is 0.181 e. The Labute approximate surface area is 114 Å². The molecule has 0 saturated carbocycles. The van der Waals surface area contributed by atoms with Crippen molar-refractivity contribution < 1.29 is 28.9 Å². The molecule has 1 heterocycles. The number of fused-ring (bicyclic) bond motifs is 3. The third-order valence-corrected chi connectivity index (χ3v) is 3.23. The minimum absolute atomic E-state index is 0.636. The number of aromatic nitrogens is 1. The maximum Gasteiger partial charge on any atom is 0.181 e. The van der Waals surface area contributed by atoms with E-state index >= 15 is 0 Å².